The molecule has 0 spiro atoms. The molecule has 0 fully saturated rings. The van der Waals surface area contributed by atoms with Gasteiger partial charge in [-0.25, -0.2) is 0 Å². The molecule has 0 aliphatic rings. The second kappa shape index (κ2) is 5.61. The molecule has 1 aromatic carbocycles. The Morgan fingerprint density at radius 2 is 1.79 bits per heavy atom. The summed E-state index contributed by atoms with van der Waals surface area (Å²) in [6.07, 6.45) is -1.07. The summed E-state index contributed by atoms with van der Waals surface area (Å²) in [4.78, 5) is 3.88. The van der Waals surface area contributed by atoms with Crippen LogP contribution in [0.1, 0.15) is 11.1 Å². The van der Waals surface area contributed by atoms with Crippen molar-refractivity contribution in [2.24, 2.45) is 0 Å². The average molecular weight is 331 g/mol. The van der Waals surface area contributed by atoms with Crippen LogP contribution in [-0.2, 0) is 12.7 Å². The van der Waals surface area contributed by atoms with E-state index in [1.165, 1.54) is 0 Å². The minimum absolute atomic E-state index is 0.388. The summed E-state index contributed by atoms with van der Waals surface area (Å²) < 4.78 is 38.4. The lowest BCUT2D eigenvalue weighted by molar-refractivity contribution is -0.137. The van der Waals surface area contributed by atoms with Gasteiger partial charge >= 0.3 is 6.18 Å². The van der Waals surface area contributed by atoms with E-state index < -0.39 is 11.7 Å². The number of rotatable bonds is 3. The Labute approximate surface area is 116 Å². The van der Waals surface area contributed by atoms with Gasteiger partial charge in [0.2, 0.25) is 0 Å². The number of nitrogens with one attached hydrogen (secondary N) is 1. The van der Waals surface area contributed by atoms with Crippen molar-refractivity contribution in [1.82, 2.24) is 4.98 Å². The molecule has 2 nitrogen and oxygen atoms in total. The predicted molar refractivity (Wildman–Crippen MR) is 70.7 cm³/mol. The lowest BCUT2D eigenvalue weighted by atomic mass is 10.2. The highest BCUT2D eigenvalue weighted by molar-refractivity contribution is 9.10. The first-order valence-electron chi connectivity index (χ1n) is 5.46. The highest BCUT2D eigenvalue weighted by Gasteiger charge is 2.31. The number of nitrogens with zero attached hydrogens (tertiary/aromatic N) is 1. The summed E-state index contributed by atoms with van der Waals surface area (Å²) in [6, 6.07) is 7.35. The summed E-state index contributed by atoms with van der Waals surface area (Å²) in [7, 11) is 0. The van der Waals surface area contributed by atoms with E-state index in [2.05, 4.69) is 26.2 Å². The molecule has 6 heteroatoms. The van der Waals surface area contributed by atoms with Crippen molar-refractivity contribution < 1.29 is 13.2 Å². The molecule has 19 heavy (non-hydrogen) atoms. The van der Waals surface area contributed by atoms with Crippen LogP contribution in [0.2, 0.25) is 0 Å². The van der Waals surface area contributed by atoms with Gasteiger partial charge in [-0.05, 0) is 35.9 Å². The van der Waals surface area contributed by atoms with E-state index in [-0.39, 0.29) is 0 Å². The van der Waals surface area contributed by atoms with Crippen LogP contribution in [0, 0.1) is 0 Å². The fourth-order valence-electron chi connectivity index (χ4n) is 1.56. The average Bonchev–Trinajstić information content (AvgIpc) is 2.36. The van der Waals surface area contributed by atoms with Crippen LogP contribution >= 0.6 is 15.9 Å². The number of pyridine rings is 1. The van der Waals surface area contributed by atoms with Crippen molar-refractivity contribution in [3.8, 4) is 0 Å². The standard InChI is InChI=1S/C13H10BrF3N2/c14-11-5-10(13(15,16)17)6-12(7-11)19-8-9-1-3-18-4-2-9/h1-7,19H,8H2. The summed E-state index contributed by atoms with van der Waals surface area (Å²) >= 11 is 3.08. The van der Waals surface area contributed by atoms with E-state index in [0.717, 1.165) is 17.7 Å². The maximum atomic E-state index is 12.7. The van der Waals surface area contributed by atoms with Gasteiger partial charge in [0.05, 0.1) is 5.56 Å². The molecular formula is C13H10BrF3N2. The first kappa shape index (κ1) is 13.9. The van der Waals surface area contributed by atoms with Crippen LogP contribution in [0.15, 0.2) is 47.2 Å². The third-order valence-corrected chi connectivity index (χ3v) is 2.93. The van der Waals surface area contributed by atoms with Crippen molar-refractivity contribution in [2.45, 2.75) is 12.7 Å². The van der Waals surface area contributed by atoms with Gasteiger partial charge in [0.1, 0.15) is 0 Å². The molecule has 2 aromatic rings. The van der Waals surface area contributed by atoms with E-state index in [4.69, 9.17) is 0 Å². The molecule has 0 saturated heterocycles. The molecule has 0 saturated carbocycles. The van der Waals surface area contributed by atoms with Crippen molar-refractivity contribution in [3.63, 3.8) is 0 Å². The number of alkyl halides is 3. The Hall–Kier alpha value is -1.56. The molecule has 0 aliphatic carbocycles. The molecule has 0 aliphatic heterocycles. The molecule has 0 radical (unpaired) electrons. The van der Waals surface area contributed by atoms with Gasteiger partial charge < -0.3 is 5.32 Å². The largest absolute Gasteiger partial charge is 0.416 e. The lowest BCUT2D eigenvalue weighted by Gasteiger charge is -2.11. The van der Waals surface area contributed by atoms with Crippen molar-refractivity contribution in [2.75, 3.05) is 5.32 Å². The number of hydrogen-bond acceptors (Lipinski definition) is 2. The highest BCUT2D eigenvalue weighted by atomic mass is 79.9. The maximum absolute atomic E-state index is 12.7. The minimum Gasteiger partial charge on any atom is -0.381 e. The normalized spacial score (nSPS) is 11.4. The molecule has 2 rings (SSSR count). The van der Waals surface area contributed by atoms with Crippen LogP contribution in [0.4, 0.5) is 18.9 Å². The predicted octanol–water partition coefficient (Wildman–Crippen LogP) is 4.48. The van der Waals surface area contributed by atoms with Crippen LogP contribution in [0.25, 0.3) is 0 Å². The molecule has 1 N–H and O–H groups in total. The van der Waals surface area contributed by atoms with Gasteiger partial charge in [0, 0.05) is 29.1 Å². The maximum Gasteiger partial charge on any atom is 0.416 e. The molecule has 0 unspecified atom stereocenters. The Morgan fingerprint density at radius 3 is 2.42 bits per heavy atom. The van der Waals surface area contributed by atoms with E-state index in [1.807, 2.05) is 0 Å². The van der Waals surface area contributed by atoms with E-state index in [9.17, 15) is 13.2 Å². The molecule has 1 heterocycles. The summed E-state index contributed by atoms with van der Waals surface area (Å²) in [5.74, 6) is 0. The Morgan fingerprint density at radius 1 is 1.11 bits per heavy atom. The molecule has 0 amide bonds. The van der Waals surface area contributed by atoms with Crippen LogP contribution < -0.4 is 5.32 Å². The lowest BCUT2D eigenvalue weighted by Crippen LogP contribution is -2.07. The van der Waals surface area contributed by atoms with Crippen molar-refractivity contribution in [3.05, 3.63) is 58.3 Å². The number of anilines is 1. The van der Waals surface area contributed by atoms with Gasteiger partial charge in [-0.15, -0.1) is 0 Å². The molecule has 0 atom stereocenters. The van der Waals surface area contributed by atoms with Crippen LogP contribution in [0.5, 0.6) is 0 Å². The van der Waals surface area contributed by atoms with E-state index in [1.54, 1.807) is 30.6 Å². The topological polar surface area (TPSA) is 24.9 Å². The van der Waals surface area contributed by atoms with Crippen LogP contribution in [-0.4, -0.2) is 4.98 Å². The fraction of sp³-hybridized carbons (Fsp3) is 0.154. The Balaban J connectivity index is 2.15. The number of halogens is 4. The summed E-state index contributed by atoms with van der Waals surface area (Å²) in [5.41, 5.74) is 0.682. The summed E-state index contributed by atoms with van der Waals surface area (Å²) in [5, 5.41) is 2.96. The number of hydrogen-bond donors (Lipinski definition) is 1. The molecule has 1 aromatic heterocycles. The number of benzene rings is 1. The second-order valence-corrected chi connectivity index (χ2v) is 4.85. The van der Waals surface area contributed by atoms with Crippen molar-refractivity contribution in [1.29, 1.82) is 0 Å². The zero-order chi connectivity index (χ0) is 13.9. The van der Waals surface area contributed by atoms with Crippen LogP contribution in [0.3, 0.4) is 0 Å². The molecular weight excluding hydrogens is 321 g/mol. The highest BCUT2D eigenvalue weighted by Crippen LogP contribution is 2.33. The van der Waals surface area contributed by atoms with Gasteiger partial charge in [0.15, 0.2) is 0 Å². The SMILES string of the molecule is FC(F)(F)c1cc(Br)cc(NCc2ccncc2)c1. The van der Waals surface area contributed by atoms with Gasteiger partial charge in [-0.2, -0.15) is 13.2 Å². The third kappa shape index (κ3) is 3.96. The van der Waals surface area contributed by atoms with E-state index >= 15 is 0 Å². The van der Waals surface area contributed by atoms with Gasteiger partial charge in [0.25, 0.3) is 0 Å². The number of aromatic nitrogens is 1. The third-order valence-electron chi connectivity index (χ3n) is 2.47. The van der Waals surface area contributed by atoms with Gasteiger partial charge in [-0.1, -0.05) is 15.9 Å². The van der Waals surface area contributed by atoms with E-state index in [0.29, 0.717) is 16.7 Å². The molecule has 0 bridgehead atoms. The first-order valence-corrected chi connectivity index (χ1v) is 6.25. The monoisotopic (exact) mass is 330 g/mol. The first-order chi connectivity index (χ1) is 8.95. The smallest absolute Gasteiger partial charge is 0.381 e. The quantitative estimate of drug-likeness (QED) is 0.897. The molecule has 100 valence electrons. The minimum atomic E-state index is -4.35. The zero-order valence-electron chi connectivity index (χ0n) is 9.71. The Bertz CT molecular complexity index is 556. The van der Waals surface area contributed by atoms with Crippen molar-refractivity contribution >= 4 is 21.6 Å². The zero-order valence-corrected chi connectivity index (χ0v) is 11.3. The Kier molecular flexibility index (Phi) is 4.09. The summed E-state index contributed by atoms with van der Waals surface area (Å²) in [6.45, 7) is 0.441. The second-order valence-electron chi connectivity index (χ2n) is 3.94. The fourth-order valence-corrected chi connectivity index (χ4v) is 2.05. The van der Waals surface area contributed by atoms with Gasteiger partial charge in [-0.3, -0.25) is 4.98 Å².